The van der Waals surface area contributed by atoms with E-state index in [1.165, 1.54) is 0 Å². The van der Waals surface area contributed by atoms with E-state index in [4.69, 9.17) is 21.6 Å². The zero-order chi connectivity index (χ0) is 18.4. The Morgan fingerprint density at radius 3 is 2.77 bits per heavy atom. The summed E-state index contributed by atoms with van der Waals surface area (Å²) in [6.45, 7) is 1.20. The molecule has 0 bridgehead atoms. The van der Waals surface area contributed by atoms with E-state index in [0.717, 1.165) is 5.56 Å². The van der Waals surface area contributed by atoms with Crippen molar-refractivity contribution in [2.45, 2.75) is 18.9 Å². The molecule has 2 aromatic rings. The molecule has 132 valence electrons. The normalized spacial score (nSPS) is 15.0. The molecule has 0 N–H and O–H groups in total. The number of carbonyl (C=O) groups excluding carboxylic acids is 1. The molecule has 0 spiro atoms. The Labute approximate surface area is 157 Å². The van der Waals surface area contributed by atoms with Crippen LogP contribution in [-0.4, -0.2) is 35.0 Å². The molecule has 1 fully saturated rings. The number of piperidine rings is 1. The Bertz CT molecular complexity index is 852. The first-order valence-corrected chi connectivity index (χ1v) is 8.78. The van der Waals surface area contributed by atoms with Gasteiger partial charge in [0.15, 0.2) is 0 Å². The van der Waals surface area contributed by atoms with Gasteiger partial charge in [-0.05, 0) is 29.8 Å². The van der Waals surface area contributed by atoms with E-state index < -0.39 is 0 Å². The quantitative estimate of drug-likeness (QED) is 0.773. The van der Waals surface area contributed by atoms with Gasteiger partial charge in [-0.1, -0.05) is 29.8 Å². The van der Waals surface area contributed by atoms with E-state index in [1.54, 1.807) is 41.4 Å². The zero-order valence-corrected chi connectivity index (χ0v) is 14.9. The number of hydrogen-bond donors (Lipinski definition) is 0. The van der Waals surface area contributed by atoms with Crippen molar-refractivity contribution in [3.05, 3.63) is 64.8 Å². The van der Waals surface area contributed by atoms with Gasteiger partial charge in [-0.3, -0.25) is 4.79 Å². The highest BCUT2D eigenvalue weighted by Gasteiger charge is 2.23. The minimum Gasteiger partial charge on any atom is -0.473 e. The molecule has 1 aliphatic heterocycles. The third-order valence-corrected chi connectivity index (χ3v) is 4.58. The number of hydrogen-bond acceptors (Lipinski definition) is 4. The van der Waals surface area contributed by atoms with Crippen molar-refractivity contribution in [1.82, 2.24) is 9.88 Å². The van der Waals surface area contributed by atoms with Crippen LogP contribution in [0.3, 0.4) is 0 Å². The van der Waals surface area contributed by atoms with Gasteiger partial charge in [0, 0.05) is 43.2 Å². The van der Waals surface area contributed by atoms with Gasteiger partial charge in [-0.2, -0.15) is 5.26 Å². The van der Waals surface area contributed by atoms with Crippen LogP contribution < -0.4 is 4.74 Å². The first-order valence-electron chi connectivity index (χ1n) is 8.40. The Morgan fingerprint density at radius 2 is 2.04 bits per heavy atom. The lowest BCUT2D eigenvalue weighted by Crippen LogP contribution is -2.41. The molecule has 1 aliphatic rings. The number of halogens is 1. The monoisotopic (exact) mass is 367 g/mol. The predicted molar refractivity (Wildman–Crippen MR) is 99.7 cm³/mol. The van der Waals surface area contributed by atoms with E-state index in [-0.39, 0.29) is 12.0 Å². The molecule has 1 saturated heterocycles. The summed E-state index contributed by atoms with van der Waals surface area (Å²) in [5, 5.41) is 9.71. The molecule has 2 heterocycles. The summed E-state index contributed by atoms with van der Waals surface area (Å²) >= 11 is 6.09. The highest BCUT2D eigenvalue weighted by Crippen LogP contribution is 2.21. The Morgan fingerprint density at radius 1 is 1.27 bits per heavy atom. The molecule has 3 rings (SSSR count). The lowest BCUT2D eigenvalue weighted by molar-refractivity contribution is -0.127. The third-order valence-electron chi connectivity index (χ3n) is 4.23. The van der Waals surface area contributed by atoms with Crippen LogP contribution in [0.15, 0.2) is 48.7 Å². The van der Waals surface area contributed by atoms with Crippen LogP contribution >= 0.6 is 11.6 Å². The lowest BCUT2D eigenvalue weighted by Gasteiger charge is -2.31. The molecule has 0 unspecified atom stereocenters. The Balaban J connectivity index is 1.54. The summed E-state index contributed by atoms with van der Waals surface area (Å²) in [7, 11) is 0. The van der Waals surface area contributed by atoms with Gasteiger partial charge in [-0.25, -0.2) is 4.98 Å². The van der Waals surface area contributed by atoms with Gasteiger partial charge in [0.2, 0.25) is 11.8 Å². The van der Waals surface area contributed by atoms with Crippen molar-refractivity contribution in [2.75, 3.05) is 13.1 Å². The maximum absolute atomic E-state index is 12.3. The number of rotatable bonds is 4. The standard InChI is InChI=1S/C20H18ClN3O2/c21-18-6-2-1-4-15(18)7-8-19(25)24-12-9-17(10-13-24)26-20-16(14-22)5-3-11-23-20/h1-8,11,17H,9-10,12-13H2. The Hall–Kier alpha value is -2.84. The number of aromatic nitrogens is 1. The number of nitriles is 1. The first kappa shape index (κ1) is 18.0. The molecule has 6 heteroatoms. The molecule has 1 amide bonds. The number of likely N-dealkylation sites (tertiary alicyclic amines) is 1. The van der Waals surface area contributed by atoms with Crippen LogP contribution in [0.5, 0.6) is 5.88 Å². The minimum atomic E-state index is -0.0476. The summed E-state index contributed by atoms with van der Waals surface area (Å²) < 4.78 is 5.84. The third kappa shape index (κ3) is 4.41. The summed E-state index contributed by atoms with van der Waals surface area (Å²) in [4.78, 5) is 18.3. The van der Waals surface area contributed by atoms with E-state index in [1.807, 2.05) is 18.2 Å². The molecule has 1 aromatic heterocycles. The molecule has 5 nitrogen and oxygen atoms in total. The van der Waals surface area contributed by atoms with Crippen LogP contribution in [0.4, 0.5) is 0 Å². The molecule has 0 saturated carbocycles. The van der Waals surface area contributed by atoms with Gasteiger partial charge >= 0.3 is 0 Å². The second-order valence-electron chi connectivity index (χ2n) is 5.97. The van der Waals surface area contributed by atoms with E-state index >= 15 is 0 Å². The molecule has 0 atom stereocenters. The molecular formula is C20H18ClN3O2. The topological polar surface area (TPSA) is 66.2 Å². The summed E-state index contributed by atoms with van der Waals surface area (Å²) in [6.07, 6.45) is 6.25. The SMILES string of the molecule is N#Cc1cccnc1OC1CCN(C(=O)C=Cc2ccccc2Cl)CC1. The fraction of sp³-hybridized carbons (Fsp3) is 0.250. The van der Waals surface area contributed by atoms with Gasteiger partial charge in [0.25, 0.3) is 0 Å². The fourth-order valence-electron chi connectivity index (χ4n) is 2.80. The number of benzene rings is 1. The minimum absolute atomic E-state index is 0.0427. The fourth-order valence-corrected chi connectivity index (χ4v) is 3.00. The number of ether oxygens (including phenoxy) is 1. The maximum atomic E-state index is 12.3. The number of pyridine rings is 1. The lowest BCUT2D eigenvalue weighted by atomic mass is 10.1. The van der Waals surface area contributed by atoms with E-state index in [0.29, 0.717) is 42.4 Å². The molecule has 26 heavy (non-hydrogen) atoms. The van der Waals surface area contributed by atoms with Crippen LogP contribution in [0.2, 0.25) is 5.02 Å². The second-order valence-corrected chi connectivity index (χ2v) is 6.37. The van der Waals surface area contributed by atoms with Crippen molar-refractivity contribution in [3.63, 3.8) is 0 Å². The predicted octanol–water partition coefficient (Wildman–Crippen LogP) is 3.69. The van der Waals surface area contributed by atoms with Crippen molar-refractivity contribution < 1.29 is 9.53 Å². The smallest absolute Gasteiger partial charge is 0.246 e. The van der Waals surface area contributed by atoms with Gasteiger partial charge < -0.3 is 9.64 Å². The van der Waals surface area contributed by atoms with Gasteiger partial charge in [0.1, 0.15) is 17.7 Å². The Kier molecular flexibility index (Phi) is 5.88. The van der Waals surface area contributed by atoms with Crippen molar-refractivity contribution >= 4 is 23.6 Å². The highest BCUT2D eigenvalue weighted by atomic mass is 35.5. The largest absolute Gasteiger partial charge is 0.473 e. The average Bonchev–Trinajstić information content (AvgIpc) is 2.68. The molecular weight excluding hydrogens is 350 g/mol. The van der Waals surface area contributed by atoms with Crippen LogP contribution in [-0.2, 0) is 4.79 Å². The summed E-state index contributed by atoms with van der Waals surface area (Å²) in [6, 6.07) is 12.9. The average molecular weight is 368 g/mol. The van der Waals surface area contributed by atoms with Crippen molar-refractivity contribution in [2.24, 2.45) is 0 Å². The van der Waals surface area contributed by atoms with Crippen LogP contribution in [0.1, 0.15) is 24.0 Å². The number of nitrogens with zero attached hydrogens (tertiary/aromatic N) is 3. The molecule has 0 radical (unpaired) electrons. The molecule has 0 aliphatic carbocycles. The van der Waals surface area contributed by atoms with Gasteiger partial charge in [-0.15, -0.1) is 0 Å². The number of amides is 1. The second kappa shape index (κ2) is 8.50. The highest BCUT2D eigenvalue weighted by molar-refractivity contribution is 6.32. The number of carbonyl (C=O) groups is 1. The van der Waals surface area contributed by atoms with Gasteiger partial charge in [0.05, 0.1) is 0 Å². The summed E-state index contributed by atoms with van der Waals surface area (Å²) in [5.74, 6) is 0.317. The molecule has 1 aromatic carbocycles. The maximum Gasteiger partial charge on any atom is 0.246 e. The zero-order valence-electron chi connectivity index (χ0n) is 14.1. The van der Waals surface area contributed by atoms with Crippen molar-refractivity contribution in [1.29, 1.82) is 5.26 Å². The van der Waals surface area contributed by atoms with Crippen molar-refractivity contribution in [3.8, 4) is 11.9 Å². The first-order chi connectivity index (χ1) is 12.7. The van der Waals surface area contributed by atoms with Crippen LogP contribution in [0, 0.1) is 11.3 Å². The van der Waals surface area contributed by atoms with E-state index in [9.17, 15) is 4.79 Å². The van der Waals surface area contributed by atoms with E-state index in [2.05, 4.69) is 11.1 Å². The summed E-state index contributed by atoms with van der Waals surface area (Å²) in [5.41, 5.74) is 1.24. The van der Waals surface area contributed by atoms with Crippen LogP contribution in [0.25, 0.3) is 6.08 Å².